The van der Waals surface area contributed by atoms with Gasteiger partial charge in [0.05, 0.1) is 0 Å². The summed E-state index contributed by atoms with van der Waals surface area (Å²) in [5, 5.41) is 0.545. The topological polar surface area (TPSA) is 35.5 Å². The highest BCUT2D eigenvalue weighted by atomic mass is 35.5. The van der Waals surface area contributed by atoms with Crippen molar-refractivity contribution in [2.24, 2.45) is 46.3 Å². The van der Waals surface area contributed by atoms with Crippen molar-refractivity contribution in [3.63, 3.8) is 0 Å². The highest BCUT2D eigenvalue weighted by Crippen LogP contribution is 2.67. The fourth-order valence-corrected chi connectivity index (χ4v) is 9.72. The molecule has 0 unspecified atom stereocenters. The molecule has 0 spiro atoms. The summed E-state index contributed by atoms with van der Waals surface area (Å²) in [7, 11) is 0. The first-order valence-electron chi connectivity index (χ1n) is 15.4. The Morgan fingerprint density at radius 2 is 1.87 bits per heavy atom. The molecule has 210 valence electrons. The molecule has 3 nitrogen and oxygen atoms in total. The molecule has 0 N–H and O–H groups in total. The third-order valence-corrected chi connectivity index (χ3v) is 11.8. The number of carbonyl (C=O) groups excluding carboxylic acids is 1. The first kappa shape index (κ1) is 28.1. The Morgan fingerprint density at radius 1 is 1.05 bits per heavy atom. The van der Waals surface area contributed by atoms with E-state index in [9.17, 15) is 4.79 Å². The zero-order valence-electron chi connectivity index (χ0n) is 24.3. The van der Waals surface area contributed by atoms with Gasteiger partial charge in [0, 0.05) is 11.4 Å². The smallest absolute Gasteiger partial charge is 0.430 e. The van der Waals surface area contributed by atoms with Gasteiger partial charge in [-0.05, 0) is 109 Å². The Hall–Kier alpha value is -1.48. The molecule has 38 heavy (non-hydrogen) atoms. The minimum absolute atomic E-state index is 0.103. The average molecular weight is 541 g/mol. The summed E-state index contributed by atoms with van der Waals surface area (Å²) in [5.41, 5.74) is 2.30. The van der Waals surface area contributed by atoms with Crippen molar-refractivity contribution in [3.05, 3.63) is 40.9 Å². The van der Waals surface area contributed by atoms with Gasteiger partial charge in [-0.25, -0.2) is 4.79 Å². The second-order valence-corrected chi connectivity index (χ2v) is 14.5. The van der Waals surface area contributed by atoms with Crippen LogP contribution in [0.25, 0.3) is 0 Å². The summed E-state index contributed by atoms with van der Waals surface area (Å²) >= 11 is 6.02. The number of ether oxygens (including phenoxy) is 2. The van der Waals surface area contributed by atoms with Gasteiger partial charge in [0.2, 0.25) is 0 Å². The normalized spacial score (nSPS) is 37.0. The Kier molecular flexibility index (Phi) is 8.26. The molecule has 0 radical (unpaired) electrons. The zero-order valence-corrected chi connectivity index (χ0v) is 25.1. The Bertz CT molecular complexity index is 1030. The van der Waals surface area contributed by atoms with Crippen molar-refractivity contribution in [3.8, 4) is 5.75 Å². The summed E-state index contributed by atoms with van der Waals surface area (Å²) in [6, 6.07) is 6.90. The van der Waals surface area contributed by atoms with E-state index in [0.29, 0.717) is 16.2 Å². The van der Waals surface area contributed by atoms with Crippen LogP contribution in [0.4, 0.5) is 4.79 Å². The molecule has 0 bridgehead atoms. The molecule has 0 saturated heterocycles. The minimum Gasteiger partial charge on any atom is -0.430 e. The number of allylic oxidation sites excluding steroid dienone is 1. The first-order valence-corrected chi connectivity index (χ1v) is 15.8. The summed E-state index contributed by atoms with van der Waals surface area (Å²) in [6.45, 7) is 12.5. The van der Waals surface area contributed by atoms with E-state index in [1.165, 1.54) is 56.9 Å². The SMILES string of the molecule is CC(C)CCC[C@@H](C)[C@H]1CC[C@@H]2[C@H]3CC=C4C[C@@H](OC(=O)Oc5cccc(Cl)c5)CC[C@]4(C)[C@@H]3CC[C@@]21C. The van der Waals surface area contributed by atoms with Crippen LogP contribution in [0.5, 0.6) is 5.75 Å². The molecule has 0 aliphatic heterocycles. The monoisotopic (exact) mass is 540 g/mol. The third-order valence-electron chi connectivity index (χ3n) is 11.5. The van der Waals surface area contributed by atoms with Crippen LogP contribution >= 0.6 is 11.6 Å². The number of fused-ring (bicyclic) bond motifs is 5. The van der Waals surface area contributed by atoms with E-state index < -0.39 is 6.16 Å². The quantitative estimate of drug-likeness (QED) is 0.196. The highest BCUT2D eigenvalue weighted by molar-refractivity contribution is 6.30. The first-order chi connectivity index (χ1) is 18.1. The maximum Gasteiger partial charge on any atom is 0.514 e. The number of carbonyl (C=O) groups is 1. The highest BCUT2D eigenvalue weighted by Gasteiger charge is 2.59. The predicted octanol–water partition coefficient (Wildman–Crippen LogP) is 10.3. The Morgan fingerprint density at radius 3 is 2.63 bits per heavy atom. The molecule has 0 aromatic heterocycles. The molecule has 8 atom stereocenters. The number of hydrogen-bond donors (Lipinski definition) is 0. The van der Waals surface area contributed by atoms with Gasteiger partial charge in [-0.1, -0.05) is 83.2 Å². The molecule has 4 aliphatic carbocycles. The van der Waals surface area contributed by atoms with Gasteiger partial charge in [0.25, 0.3) is 0 Å². The minimum atomic E-state index is -0.622. The van der Waals surface area contributed by atoms with Crippen molar-refractivity contribution in [1.82, 2.24) is 0 Å². The second-order valence-electron chi connectivity index (χ2n) is 14.1. The van der Waals surface area contributed by atoms with Crippen LogP contribution in [-0.4, -0.2) is 12.3 Å². The van der Waals surface area contributed by atoms with Crippen LogP contribution < -0.4 is 4.74 Å². The van der Waals surface area contributed by atoms with Crippen molar-refractivity contribution in [2.75, 3.05) is 0 Å². The van der Waals surface area contributed by atoms with Gasteiger partial charge < -0.3 is 9.47 Å². The van der Waals surface area contributed by atoms with Gasteiger partial charge >= 0.3 is 6.16 Å². The van der Waals surface area contributed by atoms with E-state index in [4.69, 9.17) is 21.1 Å². The van der Waals surface area contributed by atoms with Crippen LogP contribution in [0.15, 0.2) is 35.9 Å². The van der Waals surface area contributed by atoms with Crippen LogP contribution in [0.2, 0.25) is 5.02 Å². The molecule has 0 amide bonds. The molecular formula is C34H49ClO3. The fraction of sp³-hybridized carbons (Fsp3) is 0.735. The molecule has 0 heterocycles. The molecule has 3 saturated carbocycles. The van der Waals surface area contributed by atoms with Gasteiger partial charge in [0.1, 0.15) is 11.9 Å². The lowest BCUT2D eigenvalue weighted by Gasteiger charge is -2.58. The lowest BCUT2D eigenvalue weighted by atomic mass is 9.47. The van der Waals surface area contributed by atoms with Crippen molar-refractivity contribution >= 4 is 17.8 Å². The number of benzene rings is 1. The van der Waals surface area contributed by atoms with Crippen LogP contribution in [0.1, 0.15) is 105 Å². The Balaban J connectivity index is 1.22. The number of hydrogen-bond acceptors (Lipinski definition) is 3. The van der Waals surface area contributed by atoms with Gasteiger partial charge in [0.15, 0.2) is 0 Å². The summed E-state index contributed by atoms with van der Waals surface area (Å²) in [4.78, 5) is 12.5. The average Bonchev–Trinajstić information content (AvgIpc) is 3.21. The maximum atomic E-state index is 12.5. The van der Waals surface area contributed by atoms with Crippen molar-refractivity contribution < 1.29 is 14.3 Å². The standard InChI is InChI=1S/C34H49ClO3/c1-22(2)8-6-9-23(3)29-14-15-30-28-13-12-24-20-27(38-32(36)37-26-11-7-10-25(35)21-26)16-18-33(24,4)31(28)17-19-34(29,30)5/h7,10-12,21-23,27-31H,6,8-9,13-20H2,1-5H3/t23-,27+,28-,29-,30-,31-,33+,34-/m1/s1. The van der Waals surface area contributed by atoms with E-state index >= 15 is 0 Å². The summed E-state index contributed by atoms with van der Waals surface area (Å²) < 4.78 is 11.2. The zero-order chi connectivity index (χ0) is 27.1. The molecule has 4 aliphatic rings. The van der Waals surface area contributed by atoms with E-state index in [-0.39, 0.29) is 11.5 Å². The van der Waals surface area contributed by atoms with E-state index in [1.807, 2.05) is 0 Å². The Labute approximate surface area is 236 Å². The van der Waals surface area contributed by atoms with E-state index in [2.05, 4.69) is 40.7 Å². The molecule has 1 aromatic carbocycles. The fourth-order valence-electron chi connectivity index (χ4n) is 9.54. The molecule has 3 fully saturated rings. The molecule has 5 rings (SSSR count). The predicted molar refractivity (Wildman–Crippen MR) is 155 cm³/mol. The van der Waals surface area contributed by atoms with Crippen molar-refractivity contribution in [2.45, 2.75) is 111 Å². The molecule has 4 heteroatoms. The lowest BCUT2D eigenvalue weighted by Crippen LogP contribution is -2.51. The van der Waals surface area contributed by atoms with Gasteiger partial charge in [-0.2, -0.15) is 0 Å². The largest absolute Gasteiger partial charge is 0.514 e. The van der Waals surface area contributed by atoms with Gasteiger partial charge in [-0.15, -0.1) is 0 Å². The van der Waals surface area contributed by atoms with E-state index in [0.717, 1.165) is 54.8 Å². The maximum absolute atomic E-state index is 12.5. The van der Waals surface area contributed by atoms with Crippen LogP contribution in [0, 0.1) is 46.3 Å². The lowest BCUT2D eigenvalue weighted by molar-refractivity contribution is -0.0597. The number of halogens is 1. The van der Waals surface area contributed by atoms with Gasteiger partial charge in [-0.3, -0.25) is 0 Å². The van der Waals surface area contributed by atoms with Crippen molar-refractivity contribution in [1.29, 1.82) is 0 Å². The second kappa shape index (κ2) is 11.2. The summed E-state index contributed by atoms with van der Waals surface area (Å²) in [6.07, 6.45) is 15.7. The third kappa shape index (κ3) is 5.43. The number of rotatable bonds is 7. The molecular weight excluding hydrogens is 492 g/mol. The van der Waals surface area contributed by atoms with Crippen LogP contribution in [-0.2, 0) is 4.74 Å². The molecule has 1 aromatic rings. The van der Waals surface area contributed by atoms with Crippen LogP contribution in [0.3, 0.4) is 0 Å². The van der Waals surface area contributed by atoms with E-state index in [1.54, 1.807) is 24.3 Å². The summed E-state index contributed by atoms with van der Waals surface area (Å²) in [5.74, 6) is 5.46.